The fourth-order valence-electron chi connectivity index (χ4n) is 1.47. The number of hydrogen-bond donors (Lipinski definition) is 1. The number of hydrogen-bond acceptors (Lipinski definition) is 2. The zero-order chi connectivity index (χ0) is 9.84. The predicted octanol–water partition coefficient (Wildman–Crippen LogP) is 2.41. The van der Waals surface area contributed by atoms with Crippen LogP contribution < -0.4 is 10.5 Å². The van der Waals surface area contributed by atoms with Crippen molar-refractivity contribution < 1.29 is 4.74 Å². The molecule has 1 rings (SSSR count). The van der Waals surface area contributed by atoms with Crippen molar-refractivity contribution in [3.63, 3.8) is 0 Å². The summed E-state index contributed by atoms with van der Waals surface area (Å²) in [7, 11) is 1.68. The van der Waals surface area contributed by atoms with Gasteiger partial charge in [0.2, 0.25) is 0 Å². The lowest BCUT2D eigenvalue weighted by Gasteiger charge is -2.14. The normalized spacial score (nSPS) is 12.6. The molecule has 1 unspecified atom stereocenters. The largest absolute Gasteiger partial charge is 0.496 e. The highest BCUT2D eigenvalue weighted by molar-refractivity contribution is 5.40. The molecule has 0 saturated heterocycles. The van der Waals surface area contributed by atoms with Gasteiger partial charge in [-0.15, -0.1) is 0 Å². The van der Waals surface area contributed by atoms with Crippen molar-refractivity contribution in [3.05, 3.63) is 29.3 Å². The van der Waals surface area contributed by atoms with Crippen LogP contribution in [-0.4, -0.2) is 7.11 Å². The van der Waals surface area contributed by atoms with E-state index in [2.05, 4.69) is 13.0 Å². The average molecular weight is 179 g/mol. The maximum Gasteiger partial charge on any atom is 0.122 e. The molecule has 0 aliphatic carbocycles. The lowest BCUT2D eigenvalue weighted by Crippen LogP contribution is -2.10. The van der Waals surface area contributed by atoms with Gasteiger partial charge in [0, 0.05) is 6.04 Å². The predicted molar refractivity (Wildman–Crippen MR) is 55.0 cm³/mol. The smallest absolute Gasteiger partial charge is 0.122 e. The lowest BCUT2D eigenvalue weighted by molar-refractivity contribution is 0.410. The molecule has 0 saturated carbocycles. The molecule has 0 amide bonds. The van der Waals surface area contributed by atoms with Crippen molar-refractivity contribution in [2.75, 3.05) is 7.11 Å². The summed E-state index contributed by atoms with van der Waals surface area (Å²) in [6, 6.07) is 6.12. The van der Waals surface area contributed by atoms with E-state index in [1.807, 2.05) is 19.1 Å². The molecule has 72 valence electrons. The van der Waals surface area contributed by atoms with Gasteiger partial charge in [-0.3, -0.25) is 0 Å². The molecule has 0 aromatic heterocycles. The summed E-state index contributed by atoms with van der Waals surface area (Å²) < 4.78 is 5.22. The Labute approximate surface area is 79.7 Å². The minimum Gasteiger partial charge on any atom is -0.496 e. The standard InChI is InChI=1S/C11H17NO/c1-4-10(12)9-6-5-7-11(13-3)8(9)2/h5-7,10H,4,12H2,1-3H3. The zero-order valence-corrected chi connectivity index (χ0v) is 8.50. The molecule has 1 atom stereocenters. The van der Waals surface area contributed by atoms with Crippen molar-refractivity contribution in [2.45, 2.75) is 26.3 Å². The van der Waals surface area contributed by atoms with E-state index in [1.165, 1.54) is 5.56 Å². The molecule has 0 bridgehead atoms. The highest BCUT2D eigenvalue weighted by Crippen LogP contribution is 2.25. The zero-order valence-electron chi connectivity index (χ0n) is 8.50. The first-order chi connectivity index (χ1) is 6.20. The third kappa shape index (κ3) is 2.01. The third-order valence-electron chi connectivity index (χ3n) is 2.39. The van der Waals surface area contributed by atoms with Crippen molar-refractivity contribution in [1.82, 2.24) is 0 Å². The van der Waals surface area contributed by atoms with Crippen LogP contribution in [0, 0.1) is 6.92 Å². The highest BCUT2D eigenvalue weighted by atomic mass is 16.5. The van der Waals surface area contributed by atoms with E-state index < -0.39 is 0 Å². The third-order valence-corrected chi connectivity index (χ3v) is 2.39. The van der Waals surface area contributed by atoms with Crippen molar-refractivity contribution >= 4 is 0 Å². The maximum atomic E-state index is 5.96. The van der Waals surface area contributed by atoms with Gasteiger partial charge in [-0.25, -0.2) is 0 Å². The van der Waals surface area contributed by atoms with Gasteiger partial charge in [-0.05, 0) is 30.5 Å². The fourth-order valence-corrected chi connectivity index (χ4v) is 1.47. The molecule has 0 heterocycles. The molecular weight excluding hydrogens is 162 g/mol. The molecule has 0 fully saturated rings. The van der Waals surface area contributed by atoms with Gasteiger partial charge in [0.1, 0.15) is 5.75 Å². The summed E-state index contributed by atoms with van der Waals surface area (Å²) in [6.45, 7) is 4.13. The molecule has 0 aliphatic heterocycles. The number of ether oxygens (including phenoxy) is 1. The average Bonchev–Trinajstić information content (AvgIpc) is 2.17. The molecular formula is C11H17NO. The summed E-state index contributed by atoms with van der Waals surface area (Å²) in [5.74, 6) is 0.918. The molecule has 0 radical (unpaired) electrons. The van der Waals surface area contributed by atoms with E-state index in [4.69, 9.17) is 10.5 Å². The van der Waals surface area contributed by atoms with Crippen LogP contribution in [0.4, 0.5) is 0 Å². The molecule has 0 spiro atoms. The number of benzene rings is 1. The second kappa shape index (κ2) is 4.28. The van der Waals surface area contributed by atoms with E-state index in [0.29, 0.717) is 0 Å². The van der Waals surface area contributed by atoms with Crippen LogP contribution in [0.2, 0.25) is 0 Å². The number of nitrogens with two attached hydrogens (primary N) is 1. The monoisotopic (exact) mass is 179 g/mol. The summed E-state index contributed by atoms with van der Waals surface area (Å²) in [5, 5.41) is 0. The molecule has 2 nitrogen and oxygen atoms in total. The Balaban J connectivity index is 3.08. The lowest BCUT2D eigenvalue weighted by atomic mass is 9.99. The highest BCUT2D eigenvalue weighted by Gasteiger charge is 2.09. The molecule has 1 aromatic rings. The van der Waals surface area contributed by atoms with Crippen LogP contribution >= 0.6 is 0 Å². The van der Waals surface area contributed by atoms with Crippen LogP contribution in [0.5, 0.6) is 5.75 Å². The summed E-state index contributed by atoms with van der Waals surface area (Å²) >= 11 is 0. The summed E-state index contributed by atoms with van der Waals surface area (Å²) in [4.78, 5) is 0. The molecule has 0 aliphatic rings. The summed E-state index contributed by atoms with van der Waals surface area (Å²) in [6.07, 6.45) is 0.952. The fraction of sp³-hybridized carbons (Fsp3) is 0.455. The van der Waals surface area contributed by atoms with Crippen molar-refractivity contribution in [2.24, 2.45) is 5.73 Å². The van der Waals surface area contributed by atoms with Gasteiger partial charge in [-0.1, -0.05) is 19.1 Å². The Morgan fingerprint density at radius 2 is 2.15 bits per heavy atom. The van der Waals surface area contributed by atoms with Gasteiger partial charge < -0.3 is 10.5 Å². The first-order valence-corrected chi connectivity index (χ1v) is 4.59. The number of methoxy groups -OCH3 is 1. The summed E-state index contributed by atoms with van der Waals surface area (Å²) in [5.41, 5.74) is 8.30. The quantitative estimate of drug-likeness (QED) is 0.773. The first-order valence-electron chi connectivity index (χ1n) is 4.59. The van der Waals surface area contributed by atoms with Crippen LogP contribution in [0.1, 0.15) is 30.5 Å². The Bertz CT molecular complexity index is 283. The molecule has 13 heavy (non-hydrogen) atoms. The second-order valence-electron chi connectivity index (χ2n) is 3.19. The minimum absolute atomic E-state index is 0.120. The maximum absolute atomic E-state index is 5.96. The van der Waals surface area contributed by atoms with Crippen LogP contribution in [-0.2, 0) is 0 Å². The van der Waals surface area contributed by atoms with Gasteiger partial charge in [-0.2, -0.15) is 0 Å². The van der Waals surface area contributed by atoms with Gasteiger partial charge in [0.25, 0.3) is 0 Å². The Hall–Kier alpha value is -1.02. The first kappa shape index (κ1) is 10.1. The molecule has 2 heteroatoms. The molecule has 2 N–H and O–H groups in total. The van der Waals surface area contributed by atoms with Gasteiger partial charge in [0.15, 0.2) is 0 Å². The second-order valence-corrected chi connectivity index (χ2v) is 3.19. The SMILES string of the molecule is CCC(N)c1cccc(OC)c1C. The Morgan fingerprint density at radius 3 is 2.69 bits per heavy atom. The van der Waals surface area contributed by atoms with Crippen LogP contribution in [0.25, 0.3) is 0 Å². The van der Waals surface area contributed by atoms with E-state index in [9.17, 15) is 0 Å². The number of rotatable bonds is 3. The van der Waals surface area contributed by atoms with Crippen molar-refractivity contribution in [3.8, 4) is 5.75 Å². The van der Waals surface area contributed by atoms with Crippen molar-refractivity contribution in [1.29, 1.82) is 0 Å². The van der Waals surface area contributed by atoms with Gasteiger partial charge in [0.05, 0.1) is 7.11 Å². The van der Waals surface area contributed by atoms with E-state index >= 15 is 0 Å². The van der Waals surface area contributed by atoms with Crippen LogP contribution in [0.3, 0.4) is 0 Å². The van der Waals surface area contributed by atoms with Crippen LogP contribution in [0.15, 0.2) is 18.2 Å². The Morgan fingerprint density at radius 1 is 1.46 bits per heavy atom. The van der Waals surface area contributed by atoms with E-state index in [-0.39, 0.29) is 6.04 Å². The Kier molecular flexibility index (Phi) is 3.32. The van der Waals surface area contributed by atoms with E-state index in [0.717, 1.165) is 17.7 Å². The van der Waals surface area contributed by atoms with E-state index in [1.54, 1.807) is 7.11 Å². The topological polar surface area (TPSA) is 35.2 Å². The minimum atomic E-state index is 0.120. The van der Waals surface area contributed by atoms with Gasteiger partial charge >= 0.3 is 0 Å². The molecule has 1 aromatic carbocycles.